The van der Waals surface area contributed by atoms with E-state index in [0.29, 0.717) is 13.1 Å². The molecule has 0 unspecified atom stereocenters. The molecule has 0 spiro atoms. The Hall–Kier alpha value is -1.75. The van der Waals surface area contributed by atoms with Gasteiger partial charge in [-0.3, -0.25) is 9.13 Å². The van der Waals surface area contributed by atoms with E-state index in [4.69, 9.17) is 10.2 Å². The van der Waals surface area contributed by atoms with Gasteiger partial charge in [-0.15, -0.1) is 0 Å². The lowest BCUT2D eigenvalue weighted by atomic mass is 10.4. The summed E-state index contributed by atoms with van der Waals surface area (Å²) in [5.41, 5.74) is 5.44. The third kappa shape index (κ3) is 2.34. The number of hydrogen-bond donors (Lipinski definition) is 1. The summed E-state index contributed by atoms with van der Waals surface area (Å²) >= 11 is 0. The Kier molecular flexibility index (Phi) is 3.19. The summed E-state index contributed by atoms with van der Waals surface area (Å²) < 4.78 is 8.78. The predicted octanol–water partition coefficient (Wildman–Crippen LogP) is 1.33. The van der Waals surface area contributed by atoms with E-state index in [1.54, 1.807) is 21.5 Å². The second-order valence-electron chi connectivity index (χ2n) is 4.28. The van der Waals surface area contributed by atoms with Crippen molar-refractivity contribution in [2.24, 2.45) is 5.73 Å². The van der Waals surface area contributed by atoms with Crippen molar-refractivity contribution in [2.45, 2.75) is 33.0 Å². The maximum Gasteiger partial charge on any atom is 0.328 e. The number of imidazole rings is 1. The Morgan fingerprint density at radius 2 is 2.00 bits per heavy atom. The predicted molar refractivity (Wildman–Crippen MR) is 64.8 cm³/mol. The van der Waals surface area contributed by atoms with Crippen LogP contribution in [0.2, 0.25) is 0 Å². The molecular weight excluding hydrogens is 218 g/mol. The van der Waals surface area contributed by atoms with Crippen LogP contribution in [-0.2, 0) is 13.1 Å². The van der Waals surface area contributed by atoms with E-state index >= 15 is 0 Å². The Bertz CT molecular complexity index is 548. The van der Waals surface area contributed by atoms with Crippen LogP contribution in [0.1, 0.15) is 31.4 Å². The maximum absolute atomic E-state index is 12.0. The molecule has 0 saturated heterocycles. The molecule has 2 aromatic rings. The summed E-state index contributed by atoms with van der Waals surface area (Å²) in [7, 11) is 0. The normalized spacial score (nSPS) is 11.3. The minimum Gasteiger partial charge on any atom is -0.463 e. The zero-order valence-electron chi connectivity index (χ0n) is 10.1. The standard InChI is InChI=1S/C12H17N3O2/c1-9(2)15-6-5-14(12(15)16)8-11-4-3-10(7-13)17-11/h3-6,9H,7-8,13H2,1-2H3. The number of nitrogens with two attached hydrogens (primary N) is 1. The van der Waals surface area contributed by atoms with Crippen molar-refractivity contribution in [3.8, 4) is 0 Å². The van der Waals surface area contributed by atoms with Gasteiger partial charge in [0.05, 0.1) is 13.1 Å². The van der Waals surface area contributed by atoms with Gasteiger partial charge < -0.3 is 10.2 Å². The largest absolute Gasteiger partial charge is 0.463 e. The van der Waals surface area contributed by atoms with Gasteiger partial charge in [-0.2, -0.15) is 0 Å². The Balaban J connectivity index is 2.22. The summed E-state index contributed by atoms with van der Waals surface area (Å²) in [6.45, 7) is 4.77. The SMILES string of the molecule is CC(C)n1ccn(Cc2ccc(CN)o2)c1=O. The summed E-state index contributed by atoms with van der Waals surface area (Å²) in [6.07, 6.45) is 3.56. The van der Waals surface area contributed by atoms with E-state index in [1.165, 1.54) is 0 Å². The van der Waals surface area contributed by atoms with E-state index in [0.717, 1.165) is 11.5 Å². The molecule has 0 aliphatic carbocycles. The third-order valence-electron chi connectivity index (χ3n) is 2.67. The van der Waals surface area contributed by atoms with Gasteiger partial charge in [-0.05, 0) is 26.0 Å². The van der Waals surface area contributed by atoms with Crippen LogP contribution >= 0.6 is 0 Å². The van der Waals surface area contributed by atoms with Crippen LogP contribution in [0.15, 0.2) is 33.7 Å². The molecule has 5 heteroatoms. The van der Waals surface area contributed by atoms with Crippen molar-refractivity contribution < 1.29 is 4.42 Å². The lowest BCUT2D eigenvalue weighted by molar-refractivity contribution is 0.449. The molecule has 0 saturated carbocycles. The van der Waals surface area contributed by atoms with Crippen LogP contribution in [0.25, 0.3) is 0 Å². The minimum atomic E-state index is -0.0225. The first kappa shape index (κ1) is 11.7. The molecule has 2 heterocycles. The van der Waals surface area contributed by atoms with Gasteiger partial charge in [0.2, 0.25) is 0 Å². The topological polar surface area (TPSA) is 66.1 Å². The van der Waals surface area contributed by atoms with E-state index in [2.05, 4.69) is 0 Å². The third-order valence-corrected chi connectivity index (χ3v) is 2.67. The number of hydrogen-bond acceptors (Lipinski definition) is 3. The molecule has 0 fully saturated rings. The second kappa shape index (κ2) is 4.63. The summed E-state index contributed by atoms with van der Waals surface area (Å²) in [4.78, 5) is 12.0. The second-order valence-corrected chi connectivity index (χ2v) is 4.28. The molecule has 0 radical (unpaired) electrons. The fraction of sp³-hybridized carbons (Fsp3) is 0.417. The fourth-order valence-electron chi connectivity index (χ4n) is 1.73. The van der Waals surface area contributed by atoms with Crippen molar-refractivity contribution in [3.63, 3.8) is 0 Å². The fourth-order valence-corrected chi connectivity index (χ4v) is 1.73. The van der Waals surface area contributed by atoms with Crippen LogP contribution < -0.4 is 11.4 Å². The van der Waals surface area contributed by atoms with E-state index in [9.17, 15) is 4.79 Å². The maximum atomic E-state index is 12.0. The van der Waals surface area contributed by atoms with Crippen molar-refractivity contribution in [2.75, 3.05) is 0 Å². The van der Waals surface area contributed by atoms with Crippen LogP contribution in [-0.4, -0.2) is 9.13 Å². The quantitative estimate of drug-likeness (QED) is 0.869. The highest BCUT2D eigenvalue weighted by Crippen LogP contribution is 2.08. The molecule has 0 bridgehead atoms. The monoisotopic (exact) mass is 235 g/mol. The highest BCUT2D eigenvalue weighted by Gasteiger charge is 2.08. The van der Waals surface area contributed by atoms with Crippen molar-refractivity contribution in [1.82, 2.24) is 9.13 Å². The number of furan rings is 1. The zero-order chi connectivity index (χ0) is 12.4. The molecule has 0 aliphatic heterocycles. The van der Waals surface area contributed by atoms with Gasteiger partial charge in [0, 0.05) is 18.4 Å². The zero-order valence-corrected chi connectivity index (χ0v) is 10.1. The van der Waals surface area contributed by atoms with Gasteiger partial charge in [-0.25, -0.2) is 4.79 Å². The first-order chi connectivity index (χ1) is 8.11. The lowest BCUT2D eigenvalue weighted by Crippen LogP contribution is -2.25. The molecule has 17 heavy (non-hydrogen) atoms. The molecule has 2 aromatic heterocycles. The highest BCUT2D eigenvalue weighted by atomic mass is 16.3. The summed E-state index contributed by atoms with van der Waals surface area (Å²) in [5.74, 6) is 1.48. The molecule has 5 nitrogen and oxygen atoms in total. The van der Waals surface area contributed by atoms with Crippen LogP contribution in [0.5, 0.6) is 0 Å². The average Bonchev–Trinajstić information content (AvgIpc) is 2.87. The van der Waals surface area contributed by atoms with Gasteiger partial charge in [0.15, 0.2) is 0 Å². The van der Waals surface area contributed by atoms with Gasteiger partial charge in [-0.1, -0.05) is 0 Å². The molecule has 0 aromatic carbocycles. The smallest absolute Gasteiger partial charge is 0.328 e. The molecule has 0 amide bonds. The first-order valence-corrected chi connectivity index (χ1v) is 5.66. The van der Waals surface area contributed by atoms with Crippen LogP contribution in [0.4, 0.5) is 0 Å². The number of nitrogens with zero attached hydrogens (tertiary/aromatic N) is 2. The summed E-state index contributed by atoms with van der Waals surface area (Å²) in [5, 5.41) is 0. The molecular formula is C12H17N3O2. The van der Waals surface area contributed by atoms with Gasteiger partial charge >= 0.3 is 5.69 Å². The van der Waals surface area contributed by atoms with Crippen molar-refractivity contribution in [1.29, 1.82) is 0 Å². The Morgan fingerprint density at radius 1 is 1.29 bits per heavy atom. The molecule has 0 aliphatic rings. The Labute approximate surface area is 99.5 Å². The molecule has 0 atom stereocenters. The van der Waals surface area contributed by atoms with Crippen molar-refractivity contribution in [3.05, 3.63) is 46.5 Å². The average molecular weight is 235 g/mol. The van der Waals surface area contributed by atoms with Crippen LogP contribution in [0.3, 0.4) is 0 Å². The highest BCUT2D eigenvalue weighted by molar-refractivity contribution is 5.07. The van der Waals surface area contributed by atoms with Crippen LogP contribution in [0, 0.1) is 0 Å². The summed E-state index contributed by atoms with van der Waals surface area (Å²) in [6, 6.07) is 3.85. The van der Waals surface area contributed by atoms with E-state index in [-0.39, 0.29) is 11.7 Å². The minimum absolute atomic E-state index is 0.0225. The Morgan fingerprint density at radius 3 is 2.53 bits per heavy atom. The van der Waals surface area contributed by atoms with Gasteiger partial charge in [0.25, 0.3) is 0 Å². The lowest BCUT2D eigenvalue weighted by Gasteiger charge is -2.04. The molecule has 2 N–H and O–H groups in total. The van der Waals surface area contributed by atoms with E-state index < -0.39 is 0 Å². The molecule has 2 rings (SSSR count). The first-order valence-electron chi connectivity index (χ1n) is 5.66. The van der Waals surface area contributed by atoms with Crippen molar-refractivity contribution >= 4 is 0 Å². The number of aromatic nitrogens is 2. The van der Waals surface area contributed by atoms with Gasteiger partial charge in [0.1, 0.15) is 11.5 Å². The van der Waals surface area contributed by atoms with E-state index in [1.807, 2.05) is 26.0 Å². The molecule has 92 valence electrons. The number of rotatable bonds is 4.